The van der Waals surface area contributed by atoms with Crippen molar-refractivity contribution in [3.8, 4) is 0 Å². The van der Waals surface area contributed by atoms with Gasteiger partial charge in [0.25, 0.3) is 0 Å². The molecule has 1 atom stereocenters. The molecule has 0 aliphatic rings. The number of nitrogens with two attached hydrogens (primary N) is 1. The molecule has 0 bridgehead atoms. The summed E-state index contributed by atoms with van der Waals surface area (Å²) in [5, 5.41) is 11.3. The maximum absolute atomic E-state index is 5.50. The van der Waals surface area contributed by atoms with Crippen LogP contribution in [-0.2, 0) is 13.5 Å². The molecule has 0 amide bonds. The van der Waals surface area contributed by atoms with Crippen LogP contribution in [0.4, 0.5) is 11.6 Å². The van der Waals surface area contributed by atoms with E-state index < -0.39 is 0 Å². The summed E-state index contributed by atoms with van der Waals surface area (Å²) in [6, 6.07) is -0.0152. The van der Waals surface area contributed by atoms with E-state index in [1.165, 1.54) is 6.33 Å². The number of hydrazine groups is 1. The minimum Gasteiger partial charge on any atom is -0.360 e. The molecule has 0 radical (unpaired) electrons. The molecule has 0 spiro atoms. The molecule has 4 N–H and O–H groups in total. The second kappa shape index (κ2) is 6.29. The van der Waals surface area contributed by atoms with Crippen LogP contribution in [-0.4, -0.2) is 24.7 Å². The number of anilines is 2. The normalized spacial score (nSPS) is 12.2. The van der Waals surface area contributed by atoms with Gasteiger partial charge in [0.05, 0.1) is 6.04 Å². The van der Waals surface area contributed by atoms with Gasteiger partial charge >= 0.3 is 0 Å². The number of aromatic nitrogens is 5. The summed E-state index contributed by atoms with van der Waals surface area (Å²) in [4.78, 5) is 8.45. The fourth-order valence-electron chi connectivity index (χ4n) is 2.10. The summed E-state index contributed by atoms with van der Waals surface area (Å²) in [6.07, 6.45) is 4.98. The molecule has 20 heavy (non-hydrogen) atoms. The first-order valence-corrected chi connectivity index (χ1v) is 6.58. The van der Waals surface area contributed by atoms with Gasteiger partial charge in [0.2, 0.25) is 0 Å². The first-order chi connectivity index (χ1) is 9.67. The molecule has 8 nitrogen and oxygen atoms in total. The summed E-state index contributed by atoms with van der Waals surface area (Å²) >= 11 is 0. The molecule has 2 rings (SSSR count). The van der Waals surface area contributed by atoms with Gasteiger partial charge in [-0.25, -0.2) is 15.8 Å². The highest BCUT2D eigenvalue weighted by Crippen LogP contribution is 2.24. The van der Waals surface area contributed by atoms with E-state index in [2.05, 4.69) is 37.8 Å². The van der Waals surface area contributed by atoms with Crippen LogP contribution in [0.5, 0.6) is 0 Å². The van der Waals surface area contributed by atoms with Gasteiger partial charge < -0.3 is 15.3 Å². The topological polar surface area (TPSA) is 107 Å². The largest absolute Gasteiger partial charge is 0.360 e. The van der Waals surface area contributed by atoms with Crippen molar-refractivity contribution in [1.29, 1.82) is 0 Å². The lowest BCUT2D eigenvalue weighted by Crippen LogP contribution is -2.17. The number of nitrogens with one attached hydrogen (secondary N) is 2. The molecule has 8 heteroatoms. The van der Waals surface area contributed by atoms with Crippen LogP contribution in [0, 0.1) is 0 Å². The molecule has 2 heterocycles. The fraction of sp³-hybridized carbons (Fsp3) is 0.500. The van der Waals surface area contributed by atoms with E-state index in [9.17, 15) is 0 Å². The van der Waals surface area contributed by atoms with Gasteiger partial charge in [-0.3, -0.25) is 0 Å². The third-order valence-electron chi connectivity index (χ3n) is 3.07. The lowest BCUT2D eigenvalue weighted by molar-refractivity contribution is 0.713. The van der Waals surface area contributed by atoms with Crippen molar-refractivity contribution in [2.24, 2.45) is 12.9 Å². The van der Waals surface area contributed by atoms with Crippen molar-refractivity contribution >= 4 is 11.6 Å². The van der Waals surface area contributed by atoms with E-state index in [1.54, 1.807) is 6.33 Å². The zero-order chi connectivity index (χ0) is 14.5. The predicted octanol–water partition coefficient (Wildman–Crippen LogP) is 1.02. The van der Waals surface area contributed by atoms with E-state index in [1.807, 2.05) is 18.5 Å². The van der Waals surface area contributed by atoms with Crippen molar-refractivity contribution < 1.29 is 0 Å². The molecular weight excluding hydrogens is 256 g/mol. The number of rotatable bonds is 6. The van der Waals surface area contributed by atoms with E-state index in [0.717, 1.165) is 30.0 Å². The van der Waals surface area contributed by atoms with Crippen molar-refractivity contribution in [1.82, 2.24) is 24.7 Å². The van der Waals surface area contributed by atoms with Gasteiger partial charge in [-0.15, -0.1) is 10.2 Å². The lowest BCUT2D eigenvalue weighted by atomic mass is 10.1. The van der Waals surface area contributed by atoms with Crippen LogP contribution in [0.15, 0.2) is 12.7 Å². The highest BCUT2D eigenvalue weighted by atomic mass is 15.3. The third kappa shape index (κ3) is 2.85. The Labute approximate surface area is 117 Å². The summed E-state index contributed by atoms with van der Waals surface area (Å²) in [6.45, 7) is 4.11. The Morgan fingerprint density at radius 3 is 2.70 bits per heavy atom. The number of hydrogen-bond donors (Lipinski definition) is 3. The Kier molecular flexibility index (Phi) is 4.46. The maximum Gasteiger partial charge on any atom is 0.154 e. The van der Waals surface area contributed by atoms with E-state index >= 15 is 0 Å². The number of aryl methyl sites for hydroxylation is 1. The first kappa shape index (κ1) is 14.2. The average Bonchev–Trinajstić information content (AvgIpc) is 2.87. The number of hydrogen-bond acceptors (Lipinski definition) is 7. The second-order valence-electron chi connectivity index (χ2n) is 4.61. The predicted molar refractivity (Wildman–Crippen MR) is 76.9 cm³/mol. The Bertz CT molecular complexity index is 564. The molecule has 0 fully saturated rings. The molecule has 1 unspecified atom stereocenters. The molecule has 108 valence electrons. The van der Waals surface area contributed by atoms with Crippen LogP contribution < -0.4 is 16.6 Å². The van der Waals surface area contributed by atoms with E-state index in [-0.39, 0.29) is 6.04 Å². The van der Waals surface area contributed by atoms with E-state index in [4.69, 9.17) is 5.84 Å². The van der Waals surface area contributed by atoms with Gasteiger partial charge in [-0.05, 0) is 13.3 Å². The third-order valence-corrected chi connectivity index (χ3v) is 3.07. The lowest BCUT2D eigenvalue weighted by Gasteiger charge is -2.17. The molecule has 0 saturated heterocycles. The molecule has 0 aromatic carbocycles. The first-order valence-electron chi connectivity index (χ1n) is 6.58. The van der Waals surface area contributed by atoms with Gasteiger partial charge in [0, 0.05) is 12.6 Å². The molecule has 2 aromatic rings. The van der Waals surface area contributed by atoms with Crippen LogP contribution in [0.3, 0.4) is 0 Å². The summed E-state index contributed by atoms with van der Waals surface area (Å²) in [5.41, 5.74) is 3.59. The molecule has 0 saturated carbocycles. The SMILES string of the molecule is CCCc1c(NN)ncnc1NC(C)c1nncn1C. The minimum atomic E-state index is -0.0152. The van der Waals surface area contributed by atoms with Gasteiger partial charge in [-0.1, -0.05) is 13.3 Å². The number of nitrogen functional groups attached to an aromatic ring is 1. The average molecular weight is 276 g/mol. The van der Waals surface area contributed by atoms with Crippen LogP contribution in [0.25, 0.3) is 0 Å². The van der Waals surface area contributed by atoms with Crippen LogP contribution >= 0.6 is 0 Å². The van der Waals surface area contributed by atoms with Gasteiger partial charge in [0.1, 0.15) is 24.3 Å². The second-order valence-corrected chi connectivity index (χ2v) is 4.61. The van der Waals surface area contributed by atoms with Crippen molar-refractivity contribution in [2.45, 2.75) is 32.7 Å². The Morgan fingerprint density at radius 1 is 1.35 bits per heavy atom. The Balaban J connectivity index is 2.26. The summed E-state index contributed by atoms with van der Waals surface area (Å²) in [5.74, 6) is 7.76. The van der Waals surface area contributed by atoms with E-state index in [0.29, 0.717) is 5.82 Å². The standard InChI is InChI=1S/C12H20N8/c1-4-5-9-10(14-6-15-11(9)18-13)17-8(2)12-19-16-7-20(12)3/h6-8H,4-5,13H2,1-3H3,(H2,14,15,17,18). The molecule has 0 aliphatic carbocycles. The van der Waals surface area contributed by atoms with Crippen molar-refractivity contribution in [2.75, 3.05) is 10.7 Å². The monoisotopic (exact) mass is 276 g/mol. The number of nitrogens with zero attached hydrogens (tertiary/aromatic N) is 5. The highest BCUT2D eigenvalue weighted by molar-refractivity contribution is 5.57. The minimum absolute atomic E-state index is 0.0152. The van der Waals surface area contributed by atoms with Crippen LogP contribution in [0.2, 0.25) is 0 Å². The maximum atomic E-state index is 5.50. The molecular formula is C12H20N8. The van der Waals surface area contributed by atoms with Gasteiger partial charge in [0.15, 0.2) is 5.82 Å². The van der Waals surface area contributed by atoms with Crippen molar-refractivity contribution in [3.05, 3.63) is 24.0 Å². The Morgan fingerprint density at radius 2 is 2.10 bits per heavy atom. The zero-order valence-electron chi connectivity index (χ0n) is 12.0. The zero-order valence-corrected chi connectivity index (χ0v) is 12.0. The fourth-order valence-corrected chi connectivity index (χ4v) is 2.10. The quantitative estimate of drug-likeness (QED) is 0.534. The smallest absolute Gasteiger partial charge is 0.154 e. The Hall–Kier alpha value is -2.22. The summed E-state index contributed by atoms with van der Waals surface area (Å²) < 4.78 is 1.88. The molecule has 2 aromatic heterocycles. The van der Waals surface area contributed by atoms with Crippen LogP contribution in [0.1, 0.15) is 37.7 Å². The molecule has 0 aliphatic heterocycles. The van der Waals surface area contributed by atoms with Gasteiger partial charge in [-0.2, -0.15) is 0 Å². The van der Waals surface area contributed by atoms with Crippen molar-refractivity contribution in [3.63, 3.8) is 0 Å². The highest BCUT2D eigenvalue weighted by Gasteiger charge is 2.16. The summed E-state index contributed by atoms with van der Waals surface area (Å²) in [7, 11) is 1.91.